The summed E-state index contributed by atoms with van der Waals surface area (Å²) >= 11 is 0. The van der Waals surface area contributed by atoms with Gasteiger partial charge in [0.2, 0.25) is 0 Å². The minimum absolute atomic E-state index is 0.673. The fourth-order valence-electron chi connectivity index (χ4n) is 3.29. The molecular weight excluding hydrogens is 246 g/mol. The third-order valence-electron chi connectivity index (χ3n) is 4.57. The predicted molar refractivity (Wildman–Crippen MR) is 84.6 cm³/mol. The minimum Gasteiger partial charge on any atom is -0.377 e. The van der Waals surface area contributed by atoms with Gasteiger partial charge in [0.1, 0.15) is 0 Å². The van der Waals surface area contributed by atoms with Crippen molar-refractivity contribution in [2.24, 2.45) is 11.8 Å². The zero-order valence-electron chi connectivity index (χ0n) is 13.2. The van der Waals surface area contributed by atoms with E-state index in [0.29, 0.717) is 6.04 Å². The van der Waals surface area contributed by atoms with Gasteiger partial charge in [-0.15, -0.1) is 0 Å². The number of nitrogens with one attached hydrogen (secondary N) is 1. The molecule has 112 valence electrons. The molecule has 0 aromatic heterocycles. The number of hydrogen-bond acceptors (Lipinski definition) is 2. The van der Waals surface area contributed by atoms with Crippen molar-refractivity contribution in [3.63, 3.8) is 0 Å². The molecule has 1 aliphatic carbocycles. The normalized spacial score (nSPS) is 26.6. The maximum Gasteiger partial charge on any atom is 0.0719 e. The monoisotopic (exact) mass is 275 g/mol. The Kier molecular flexibility index (Phi) is 6.06. The first-order chi connectivity index (χ1) is 9.70. The van der Waals surface area contributed by atoms with Crippen LogP contribution in [0, 0.1) is 11.8 Å². The smallest absolute Gasteiger partial charge is 0.0719 e. The van der Waals surface area contributed by atoms with E-state index < -0.39 is 0 Å². The fourth-order valence-corrected chi connectivity index (χ4v) is 3.29. The van der Waals surface area contributed by atoms with Crippen LogP contribution in [0.3, 0.4) is 0 Å². The molecule has 1 aromatic carbocycles. The first kappa shape index (κ1) is 15.5. The molecule has 1 aromatic rings. The summed E-state index contributed by atoms with van der Waals surface area (Å²) in [5, 5.41) is 3.77. The summed E-state index contributed by atoms with van der Waals surface area (Å²) in [6, 6.07) is 9.30. The van der Waals surface area contributed by atoms with E-state index in [1.807, 2.05) is 6.92 Å². The molecular formula is C18H29NO. The molecule has 1 fully saturated rings. The molecule has 20 heavy (non-hydrogen) atoms. The summed E-state index contributed by atoms with van der Waals surface area (Å²) in [5.74, 6) is 1.69. The van der Waals surface area contributed by atoms with Crippen LogP contribution in [-0.4, -0.2) is 12.6 Å². The van der Waals surface area contributed by atoms with Crippen LogP contribution in [0.1, 0.15) is 51.2 Å². The first-order valence-corrected chi connectivity index (χ1v) is 8.08. The van der Waals surface area contributed by atoms with Gasteiger partial charge in [-0.3, -0.25) is 0 Å². The molecule has 1 saturated carbocycles. The molecule has 2 rings (SSSR count). The van der Waals surface area contributed by atoms with Crippen molar-refractivity contribution in [2.45, 2.75) is 59.2 Å². The highest BCUT2D eigenvalue weighted by Gasteiger charge is 2.24. The number of rotatable bonds is 6. The summed E-state index contributed by atoms with van der Waals surface area (Å²) in [6.07, 6.45) is 4.04. The van der Waals surface area contributed by atoms with Crippen LogP contribution < -0.4 is 5.32 Å². The largest absolute Gasteiger partial charge is 0.377 e. The van der Waals surface area contributed by atoms with E-state index >= 15 is 0 Å². The topological polar surface area (TPSA) is 21.3 Å². The van der Waals surface area contributed by atoms with Crippen LogP contribution >= 0.6 is 0 Å². The average Bonchev–Trinajstić information content (AvgIpc) is 2.45. The highest BCUT2D eigenvalue weighted by Crippen LogP contribution is 2.28. The quantitative estimate of drug-likeness (QED) is 0.842. The van der Waals surface area contributed by atoms with Gasteiger partial charge in [0.25, 0.3) is 0 Å². The molecule has 0 bridgehead atoms. The fraction of sp³-hybridized carbons (Fsp3) is 0.667. The molecule has 0 amide bonds. The molecule has 0 saturated heterocycles. The zero-order valence-corrected chi connectivity index (χ0v) is 13.2. The van der Waals surface area contributed by atoms with Gasteiger partial charge in [-0.2, -0.15) is 0 Å². The lowest BCUT2D eigenvalue weighted by Crippen LogP contribution is -2.38. The number of hydrogen-bond donors (Lipinski definition) is 1. The SMILES string of the molecule is CCOCc1ccccc1CNC1CCC(C)CC1C. The van der Waals surface area contributed by atoms with Crippen LogP contribution in [0.2, 0.25) is 0 Å². The first-order valence-electron chi connectivity index (χ1n) is 8.08. The molecule has 2 nitrogen and oxygen atoms in total. The standard InChI is InChI=1S/C18H29NO/c1-4-20-13-17-8-6-5-7-16(17)12-19-18-10-9-14(2)11-15(18)3/h5-8,14-15,18-19H,4,9-13H2,1-3H3. The summed E-state index contributed by atoms with van der Waals surface area (Å²) in [6.45, 7) is 9.28. The van der Waals surface area contributed by atoms with E-state index in [4.69, 9.17) is 4.74 Å². The van der Waals surface area contributed by atoms with Gasteiger partial charge in [0, 0.05) is 19.2 Å². The van der Waals surface area contributed by atoms with Gasteiger partial charge < -0.3 is 10.1 Å². The van der Waals surface area contributed by atoms with Crippen LogP contribution in [0.15, 0.2) is 24.3 Å². The van der Waals surface area contributed by atoms with E-state index in [1.54, 1.807) is 0 Å². The van der Waals surface area contributed by atoms with Crippen molar-refractivity contribution < 1.29 is 4.74 Å². The molecule has 2 heteroatoms. The lowest BCUT2D eigenvalue weighted by atomic mass is 9.80. The van der Waals surface area contributed by atoms with Crippen LogP contribution in [-0.2, 0) is 17.9 Å². The van der Waals surface area contributed by atoms with E-state index in [0.717, 1.165) is 31.6 Å². The van der Waals surface area contributed by atoms with Gasteiger partial charge in [-0.25, -0.2) is 0 Å². The molecule has 0 spiro atoms. The molecule has 1 N–H and O–H groups in total. The highest BCUT2D eigenvalue weighted by molar-refractivity contribution is 5.26. The van der Waals surface area contributed by atoms with Crippen molar-refractivity contribution in [3.8, 4) is 0 Å². The Hall–Kier alpha value is -0.860. The summed E-state index contributed by atoms with van der Waals surface area (Å²) < 4.78 is 5.56. The molecule has 1 aliphatic rings. The van der Waals surface area contributed by atoms with Gasteiger partial charge in [-0.05, 0) is 49.1 Å². The average molecular weight is 275 g/mol. The van der Waals surface area contributed by atoms with Crippen molar-refractivity contribution in [3.05, 3.63) is 35.4 Å². The van der Waals surface area contributed by atoms with Crippen LogP contribution in [0.25, 0.3) is 0 Å². The predicted octanol–water partition coefficient (Wildman–Crippen LogP) is 4.14. The van der Waals surface area contributed by atoms with Crippen molar-refractivity contribution in [1.82, 2.24) is 5.32 Å². The van der Waals surface area contributed by atoms with E-state index in [9.17, 15) is 0 Å². The van der Waals surface area contributed by atoms with E-state index in [2.05, 4.69) is 43.4 Å². The van der Waals surface area contributed by atoms with Gasteiger partial charge >= 0.3 is 0 Å². The lowest BCUT2D eigenvalue weighted by Gasteiger charge is -2.33. The third kappa shape index (κ3) is 4.32. The second-order valence-electron chi connectivity index (χ2n) is 6.29. The molecule has 0 radical (unpaired) electrons. The maximum absolute atomic E-state index is 5.56. The Morgan fingerprint density at radius 2 is 1.90 bits per heavy atom. The van der Waals surface area contributed by atoms with Gasteiger partial charge in [0.15, 0.2) is 0 Å². The van der Waals surface area contributed by atoms with Crippen molar-refractivity contribution in [1.29, 1.82) is 0 Å². The molecule has 0 heterocycles. The van der Waals surface area contributed by atoms with Crippen molar-refractivity contribution in [2.75, 3.05) is 6.61 Å². The molecule has 0 aliphatic heterocycles. The Morgan fingerprint density at radius 3 is 2.60 bits per heavy atom. The van der Waals surface area contributed by atoms with E-state index in [1.165, 1.54) is 30.4 Å². The maximum atomic E-state index is 5.56. The number of benzene rings is 1. The lowest BCUT2D eigenvalue weighted by molar-refractivity contribution is 0.133. The Balaban J connectivity index is 1.90. The second kappa shape index (κ2) is 7.80. The second-order valence-corrected chi connectivity index (χ2v) is 6.29. The summed E-state index contributed by atoms with van der Waals surface area (Å²) in [4.78, 5) is 0. The molecule has 3 unspecified atom stereocenters. The van der Waals surface area contributed by atoms with Gasteiger partial charge in [0.05, 0.1) is 6.61 Å². The Morgan fingerprint density at radius 1 is 1.15 bits per heavy atom. The number of ether oxygens (including phenoxy) is 1. The van der Waals surface area contributed by atoms with Gasteiger partial charge in [-0.1, -0.05) is 38.1 Å². The van der Waals surface area contributed by atoms with Crippen molar-refractivity contribution >= 4 is 0 Å². The zero-order chi connectivity index (χ0) is 14.4. The Labute approximate surface area is 123 Å². The summed E-state index contributed by atoms with van der Waals surface area (Å²) in [7, 11) is 0. The van der Waals surface area contributed by atoms with E-state index in [-0.39, 0.29) is 0 Å². The third-order valence-corrected chi connectivity index (χ3v) is 4.57. The van der Waals surface area contributed by atoms with Crippen LogP contribution in [0.5, 0.6) is 0 Å². The minimum atomic E-state index is 0.673. The Bertz CT molecular complexity index is 404. The molecule has 3 atom stereocenters. The van der Waals surface area contributed by atoms with Crippen LogP contribution in [0.4, 0.5) is 0 Å². The highest BCUT2D eigenvalue weighted by atomic mass is 16.5. The summed E-state index contributed by atoms with van der Waals surface area (Å²) in [5.41, 5.74) is 2.70.